The van der Waals surface area contributed by atoms with Gasteiger partial charge in [-0.05, 0) is 66.9 Å². The molecule has 2 amide bonds. The lowest BCUT2D eigenvalue weighted by atomic mass is 10.2. The highest BCUT2D eigenvalue weighted by atomic mass is 35.5. The number of carbonyl (C=O) groups is 1. The molecule has 0 saturated heterocycles. The van der Waals surface area contributed by atoms with Gasteiger partial charge in [-0.25, -0.2) is 14.0 Å². The average molecular weight is 557 g/mol. The van der Waals surface area contributed by atoms with E-state index in [2.05, 4.69) is 30.3 Å². The molecule has 2 atom stereocenters. The van der Waals surface area contributed by atoms with Crippen molar-refractivity contribution in [3.8, 4) is 10.4 Å². The molecule has 2 aromatic carbocycles. The number of halogens is 1. The van der Waals surface area contributed by atoms with E-state index in [4.69, 9.17) is 11.6 Å². The standard InChI is InChI=1S/C25H25ClN6O3S2/c1-16(15-33)28-23-21(22-4-3-13-36-22)14-27-24(31-23)29-18-9-11-20(12-10-18)37(2,35)32-25(34)30-19-7-5-17(26)6-8-19/h3-14,16,33H,15H2,1-2H3,(H,30,34)(H2,27,28,29,31)/t16-,37?/m1/s1. The van der Waals surface area contributed by atoms with Crippen molar-refractivity contribution in [1.82, 2.24) is 9.97 Å². The third-order valence-electron chi connectivity index (χ3n) is 5.13. The molecule has 4 aromatic rings. The van der Waals surface area contributed by atoms with Crippen molar-refractivity contribution in [2.45, 2.75) is 17.9 Å². The van der Waals surface area contributed by atoms with E-state index in [9.17, 15) is 14.1 Å². The van der Waals surface area contributed by atoms with Gasteiger partial charge in [0.25, 0.3) is 0 Å². The molecule has 0 fully saturated rings. The van der Waals surface area contributed by atoms with Crippen LogP contribution in [0.2, 0.25) is 5.02 Å². The van der Waals surface area contributed by atoms with Gasteiger partial charge in [0.1, 0.15) is 5.82 Å². The molecule has 4 N–H and O–H groups in total. The number of hydrogen-bond acceptors (Lipinski definition) is 8. The maximum Gasteiger partial charge on any atom is 0.353 e. The number of hydrogen-bond donors (Lipinski definition) is 4. The van der Waals surface area contributed by atoms with Crippen LogP contribution in [0.4, 0.5) is 27.9 Å². The molecule has 4 rings (SSSR count). The molecule has 0 spiro atoms. The van der Waals surface area contributed by atoms with E-state index in [0.29, 0.717) is 33.1 Å². The minimum atomic E-state index is -2.99. The van der Waals surface area contributed by atoms with E-state index in [-0.39, 0.29) is 12.6 Å². The molecule has 0 radical (unpaired) electrons. The summed E-state index contributed by atoms with van der Waals surface area (Å²) in [5.74, 6) is 0.949. The zero-order valence-corrected chi connectivity index (χ0v) is 22.4. The van der Waals surface area contributed by atoms with Gasteiger partial charge < -0.3 is 21.1 Å². The lowest BCUT2D eigenvalue weighted by molar-refractivity contribution is 0.260. The summed E-state index contributed by atoms with van der Waals surface area (Å²) >= 11 is 7.42. The fourth-order valence-electron chi connectivity index (χ4n) is 3.25. The molecule has 1 unspecified atom stereocenters. The second kappa shape index (κ2) is 11.7. The van der Waals surface area contributed by atoms with E-state index in [0.717, 1.165) is 10.4 Å². The number of thiophene rings is 1. The van der Waals surface area contributed by atoms with Gasteiger partial charge in [0.05, 0.1) is 21.9 Å². The van der Waals surface area contributed by atoms with Crippen molar-refractivity contribution in [1.29, 1.82) is 0 Å². The van der Waals surface area contributed by atoms with Crippen molar-refractivity contribution in [3.63, 3.8) is 0 Å². The van der Waals surface area contributed by atoms with Crippen molar-refractivity contribution >= 4 is 61.8 Å². The Morgan fingerprint density at radius 2 is 1.84 bits per heavy atom. The fraction of sp³-hybridized carbons (Fsp3) is 0.160. The Bertz CT molecular complexity index is 1490. The molecule has 0 aliphatic heterocycles. The third-order valence-corrected chi connectivity index (χ3v) is 7.95. The number of carbonyl (C=O) groups excluding carboxylic acids is 1. The highest BCUT2D eigenvalue weighted by Gasteiger charge is 2.14. The van der Waals surface area contributed by atoms with Crippen molar-refractivity contribution in [2.24, 2.45) is 4.36 Å². The molecule has 0 aliphatic rings. The summed E-state index contributed by atoms with van der Waals surface area (Å²) in [6, 6.07) is 16.3. The van der Waals surface area contributed by atoms with Gasteiger partial charge in [-0.3, -0.25) is 0 Å². The van der Waals surface area contributed by atoms with Gasteiger partial charge in [0, 0.05) is 44.7 Å². The van der Waals surface area contributed by atoms with Gasteiger partial charge in [0.2, 0.25) is 5.95 Å². The Labute approximate surface area is 224 Å². The molecule has 0 saturated carbocycles. The molecule has 12 heteroatoms. The number of urea groups is 1. The lowest BCUT2D eigenvalue weighted by Gasteiger charge is -2.16. The second-order valence-electron chi connectivity index (χ2n) is 8.14. The Morgan fingerprint density at radius 3 is 2.49 bits per heavy atom. The molecular weight excluding hydrogens is 532 g/mol. The van der Waals surface area contributed by atoms with Crippen LogP contribution in [0, 0.1) is 0 Å². The maximum absolute atomic E-state index is 13.1. The highest BCUT2D eigenvalue weighted by molar-refractivity contribution is 7.93. The molecule has 2 heterocycles. The van der Waals surface area contributed by atoms with Gasteiger partial charge in [-0.1, -0.05) is 17.7 Å². The highest BCUT2D eigenvalue weighted by Crippen LogP contribution is 2.31. The van der Waals surface area contributed by atoms with E-state index < -0.39 is 15.8 Å². The maximum atomic E-state index is 13.1. The van der Waals surface area contributed by atoms with Crippen molar-refractivity contribution in [2.75, 3.05) is 28.8 Å². The molecule has 192 valence electrons. The van der Waals surface area contributed by atoms with Crippen LogP contribution in [0.1, 0.15) is 6.92 Å². The van der Waals surface area contributed by atoms with Crippen LogP contribution in [0.5, 0.6) is 0 Å². The summed E-state index contributed by atoms with van der Waals surface area (Å²) in [7, 11) is -2.99. The van der Waals surface area contributed by atoms with Crippen LogP contribution >= 0.6 is 22.9 Å². The van der Waals surface area contributed by atoms with Gasteiger partial charge >= 0.3 is 6.03 Å². The summed E-state index contributed by atoms with van der Waals surface area (Å²) in [5, 5.41) is 20.9. The first-order chi connectivity index (χ1) is 17.7. The Kier molecular flexibility index (Phi) is 8.39. The molecule has 0 bridgehead atoms. The zero-order valence-electron chi connectivity index (χ0n) is 20.0. The quantitative estimate of drug-likeness (QED) is 0.207. The number of benzene rings is 2. The fourth-order valence-corrected chi connectivity index (χ4v) is 5.23. The first-order valence-corrected chi connectivity index (χ1v) is 14.4. The molecule has 9 nitrogen and oxygen atoms in total. The number of anilines is 4. The van der Waals surface area contributed by atoms with E-state index in [1.165, 1.54) is 6.26 Å². The molecular formula is C25H25ClN6O3S2. The second-order valence-corrected chi connectivity index (χ2v) is 11.8. The number of aliphatic hydroxyl groups excluding tert-OH is 1. The van der Waals surface area contributed by atoms with Gasteiger partial charge in [-0.2, -0.15) is 4.98 Å². The van der Waals surface area contributed by atoms with E-state index >= 15 is 0 Å². The van der Waals surface area contributed by atoms with Crippen LogP contribution in [0.25, 0.3) is 10.4 Å². The minimum absolute atomic E-state index is 0.0445. The Balaban J connectivity index is 1.50. The summed E-state index contributed by atoms with van der Waals surface area (Å²) < 4.78 is 17.0. The summed E-state index contributed by atoms with van der Waals surface area (Å²) in [6.45, 7) is 1.81. The first kappa shape index (κ1) is 26.6. The largest absolute Gasteiger partial charge is 0.394 e. The molecule has 2 aromatic heterocycles. The number of nitrogens with zero attached hydrogens (tertiary/aromatic N) is 3. The summed E-state index contributed by atoms with van der Waals surface area (Å²) in [6.07, 6.45) is 3.13. The SMILES string of the molecule is C[C@H](CO)Nc1nc(Nc2ccc(S(C)(=O)=NC(=O)Nc3ccc(Cl)cc3)cc2)ncc1-c1cccs1. The van der Waals surface area contributed by atoms with Crippen LogP contribution in [-0.4, -0.2) is 44.2 Å². The topological polar surface area (TPSA) is 129 Å². The molecule has 37 heavy (non-hydrogen) atoms. The Hall–Kier alpha value is -3.51. The number of aliphatic hydroxyl groups is 1. The first-order valence-electron chi connectivity index (χ1n) is 11.2. The van der Waals surface area contributed by atoms with Crippen LogP contribution in [0.3, 0.4) is 0 Å². The van der Waals surface area contributed by atoms with Crippen molar-refractivity contribution in [3.05, 3.63) is 77.3 Å². The predicted octanol–water partition coefficient (Wildman–Crippen LogP) is 6.08. The third kappa shape index (κ3) is 7.04. The monoisotopic (exact) mass is 556 g/mol. The van der Waals surface area contributed by atoms with Crippen LogP contribution < -0.4 is 16.0 Å². The minimum Gasteiger partial charge on any atom is -0.394 e. The van der Waals surface area contributed by atoms with E-state index in [1.807, 2.05) is 24.4 Å². The van der Waals surface area contributed by atoms with Crippen molar-refractivity contribution < 1.29 is 14.1 Å². The predicted molar refractivity (Wildman–Crippen MR) is 150 cm³/mol. The van der Waals surface area contributed by atoms with E-state index in [1.54, 1.807) is 66.1 Å². The number of nitrogens with one attached hydrogen (secondary N) is 3. The van der Waals surface area contributed by atoms with Gasteiger partial charge in [0.15, 0.2) is 0 Å². The Morgan fingerprint density at radius 1 is 1.14 bits per heavy atom. The number of amides is 2. The average Bonchev–Trinajstić information content (AvgIpc) is 3.40. The van der Waals surface area contributed by atoms with Gasteiger partial charge in [-0.15, -0.1) is 15.7 Å². The smallest absolute Gasteiger partial charge is 0.353 e. The lowest BCUT2D eigenvalue weighted by Crippen LogP contribution is -2.21. The summed E-state index contributed by atoms with van der Waals surface area (Å²) in [4.78, 5) is 22.7. The van der Waals surface area contributed by atoms with Crippen LogP contribution in [0.15, 0.2) is 81.5 Å². The zero-order chi connectivity index (χ0) is 26.4. The number of aromatic nitrogens is 2. The normalized spacial score (nSPS) is 13.3. The number of rotatable bonds is 8. The molecule has 0 aliphatic carbocycles. The van der Waals surface area contributed by atoms with Crippen LogP contribution in [-0.2, 0) is 9.73 Å². The summed E-state index contributed by atoms with van der Waals surface area (Å²) in [5.41, 5.74) is 2.00.